The number of hydrogen-bond donors (Lipinski definition) is 0. The molecule has 2 fully saturated rings. The molecule has 2 aromatic rings. The molecule has 146 valence electrons. The molecule has 1 aliphatic heterocycles. The number of hydrogen-bond acceptors (Lipinski definition) is 1. The van der Waals surface area contributed by atoms with E-state index in [1.807, 2.05) is 0 Å². The molecule has 1 saturated heterocycles. The number of benzene rings is 1. The summed E-state index contributed by atoms with van der Waals surface area (Å²) in [7, 11) is 0. The summed E-state index contributed by atoms with van der Waals surface area (Å²) < 4.78 is 2.44. The van der Waals surface area contributed by atoms with Crippen LogP contribution in [0.4, 0.5) is 0 Å². The van der Waals surface area contributed by atoms with Gasteiger partial charge in [-0.3, -0.25) is 4.79 Å². The van der Waals surface area contributed by atoms with E-state index in [4.69, 9.17) is 0 Å². The fourth-order valence-corrected chi connectivity index (χ4v) is 5.38. The molecule has 1 aliphatic carbocycles. The number of nitrogens with zero attached hydrogens (tertiary/aromatic N) is 2. The fourth-order valence-electron chi connectivity index (χ4n) is 5.38. The van der Waals surface area contributed by atoms with Gasteiger partial charge in [0.25, 0.3) is 0 Å². The molecule has 1 amide bonds. The average molecular weight is 367 g/mol. The SMILES string of the molecule is CCn1c(CC[C@@H]2CCCN2C(=O)CC2CCCCC2)cc2ccccc21. The highest BCUT2D eigenvalue weighted by Crippen LogP contribution is 2.30. The van der Waals surface area contributed by atoms with Gasteiger partial charge in [-0.15, -0.1) is 0 Å². The van der Waals surface area contributed by atoms with Crippen LogP contribution in [-0.2, 0) is 17.8 Å². The predicted octanol–water partition coefficient (Wildman–Crippen LogP) is 5.56. The van der Waals surface area contributed by atoms with Gasteiger partial charge in [-0.25, -0.2) is 0 Å². The maximum atomic E-state index is 12.9. The summed E-state index contributed by atoms with van der Waals surface area (Å²) in [5.74, 6) is 1.08. The monoisotopic (exact) mass is 366 g/mol. The third-order valence-corrected chi connectivity index (χ3v) is 6.83. The maximum absolute atomic E-state index is 12.9. The average Bonchev–Trinajstić information content (AvgIpc) is 3.31. The van der Waals surface area contributed by atoms with E-state index in [1.165, 1.54) is 61.5 Å². The molecule has 2 heterocycles. The van der Waals surface area contributed by atoms with Crippen LogP contribution in [0.25, 0.3) is 10.9 Å². The zero-order valence-electron chi connectivity index (χ0n) is 16.8. The highest BCUT2D eigenvalue weighted by atomic mass is 16.2. The summed E-state index contributed by atoms with van der Waals surface area (Å²) in [5.41, 5.74) is 2.76. The van der Waals surface area contributed by atoms with Gasteiger partial charge in [0.15, 0.2) is 0 Å². The lowest BCUT2D eigenvalue weighted by molar-refractivity contribution is -0.133. The minimum Gasteiger partial charge on any atom is -0.345 e. The molecule has 3 heteroatoms. The van der Waals surface area contributed by atoms with Gasteiger partial charge in [0.1, 0.15) is 0 Å². The molecule has 1 atom stereocenters. The second-order valence-electron chi connectivity index (χ2n) is 8.57. The largest absolute Gasteiger partial charge is 0.345 e. The lowest BCUT2D eigenvalue weighted by atomic mass is 9.86. The second-order valence-corrected chi connectivity index (χ2v) is 8.57. The summed E-state index contributed by atoms with van der Waals surface area (Å²) >= 11 is 0. The Hall–Kier alpha value is -1.77. The van der Waals surface area contributed by atoms with E-state index >= 15 is 0 Å². The third-order valence-electron chi connectivity index (χ3n) is 6.83. The Morgan fingerprint density at radius 1 is 1.07 bits per heavy atom. The smallest absolute Gasteiger partial charge is 0.223 e. The quantitative estimate of drug-likeness (QED) is 0.657. The summed E-state index contributed by atoms with van der Waals surface area (Å²) in [5, 5.41) is 1.34. The van der Waals surface area contributed by atoms with Crippen molar-refractivity contribution in [2.75, 3.05) is 6.54 Å². The summed E-state index contributed by atoms with van der Waals surface area (Å²) in [6.45, 7) is 4.22. The van der Waals surface area contributed by atoms with E-state index < -0.39 is 0 Å². The van der Waals surface area contributed by atoms with Gasteiger partial charge in [-0.2, -0.15) is 0 Å². The Balaban J connectivity index is 1.39. The summed E-state index contributed by atoms with van der Waals surface area (Å²) in [6, 6.07) is 11.5. The van der Waals surface area contributed by atoms with Crippen molar-refractivity contribution >= 4 is 16.8 Å². The van der Waals surface area contributed by atoms with E-state index in [0.717, 1.165) is 32.4 Å². The molecule has 0 N–H and O–H groups in total. The van der Waals surface area contributed by atoms with Crippen LogP contribution in [0.15, 0.2) is 30.3 Å². The first-order valence-electron chi connectivity index (χ1n) is 11.1. The highest BCUT2D eigenvalue weighted by molar-refractivity contribution is 5.81. The van der Waals surface area contributed by atoms with Crippen molar-refractivity contribution in [2.45, 2.75) is 83.7 Å². The summed E-state index contributed by atoms with van der Waals surface area (Å²) in [4.78, 5) is 15.1. The molecule has 0 bridgehead atoms. The van der Waals surface area contributed by atoms with E-state index in [9.17, 15) is 4.79 Å². The van der Waals surface area contributed by atoms with Crippen LogP contribution in [0.5, 0.6) is 0 Å². The van der Waals surface area contributed by atoms with Crippen LogP contribution < -0.4 is 0 Å². The predicted molar refractivity (Wildman–Crippen MR) is 112 cm³/mol. The topological polar surface area (TPSA) is 25.2 Å². The van der Waals surface area contributed by atoms with Crippen LogP contribution in [-0.4, -0.2) is 28.0 Å². The fraction of sp³-hybridized carbons (Fsp3) is 0.625. The Kier molecular flexibility index (Phi) is 5.85. The second kappa shape index (κ2) is 8.50. The van der Waals surface area contributed by atoms with Gasteiger partial charge in [0.05, 0.1) is 0 Å². The minimum absolute atomic E-state index is 0.431. The van der Waals surface area contributed by atoms with Crippen molar-refractivity contribution in [1.29, 1.82) is 0 Å². The van der Waals surface area contributed by atoms with Crippen molar-refractivity contribution < 1.29 is 4.79 Å². The van der Waals surface area contributed by atoms with Gasteiger partial charge in [0, 0.05) is 36.8 Å². The van der Waals surface area contributed by atoms with Gasteiger partial charge >= 0.3 is 0 Å². The van der Waals surface area contributed by atoms with E-state index in [-0.39, 0.29) is 0 Å². The molecule has 0 spiro atoms. The molecule has 1 aromatic heterocycles. The molecule has 27 heavy (non-hydrogen) atoms. The van der Waals surface area contributed by atoms with Crippen LogP contribution in [0.2, 0.25) is 0 Å². The molecule has 0 unspecified atom stereocenters. The standard InChI is InChI=1S/C24H34N2O/c1-2-25-22(18-20-11-6-7-13-23(20)25)15-14-21-12-8-16-26(21)24(27)17-19-9-4-3-5-10-19/h6-7,11,13,18-19,21H,2-5,8-10,12,14-17H2,1H3/t21-/m0/s1. The molecule has 4 rings (SSSR count). The lowest BCUT2D eigenvalue weighted by Gasteiger charge is -2.28. The van der Waals surface area contributed by atoms with Crippen LogP contribution in [0, 0.1) is 5.92 Å². The van der Waals surface area contributed by atoms with E-state index in [0.29, 0.717) is 17.9 Å². The number of aromatic nitrogens is 1. The van der Waals surface area contributed by atoms with E-state index in [1.54, 1.807) is 0 Å². The van der Waals surface area contributed by atoms with Gasteiger partial charge in [0.2, 0.25) is 5.91 Å². The van der Waals surface area contributed by atoms with Crippen LogP contribution in [0.3, 0.4) is 0 Å². The van der Waals surface area contributed by atoms with Crippen molar-refractivity contribution in [3.05, 3.63) is 36.0 Å². The highest BCUT2D eigenvalue weighted by Gasteiger charge is 2.30. The zero-order chi connectivity index (χ0) is 18.6. The first kappa shape index (κ1) is 18.6. The molecule has 0 radical (unpaired) electrons. The van der Waals surface area contributed by atoms with Gasteiger partial charge in [-0.05, 0) is 68.9 Å². The number of aryl methyl sites for hydroxylation is 2. The number of amides is 1. The Morgan fingerprint density at radius 2 is 1.89 bits per heavy atom. The summed E-state index contributed by atoms with van der Waals surface area (Å²) in [6.07, 6.45) is 11.9. The lowest BCUT2D eigenvalue weighted by Crippen LogP contribution is -2.37. The first-order chi connectivity index (χ1) is 13.3. The molecule has 2 aliphatic rings. The Bertz CT molecular complexity index is 772. The first-order valence-corrected chi connectivity index (χ1v) is 11.1. The van der Waals surface area contributed by atoms with Crippen LogP contribution >= 0.6 is 0 Å². The van der Waals surface area contributed by atoms with Crippen molar-refractivity contribution in [1.82, 2.24) is 9.47 Å². The van der Waals surface area contributed by atoms with Crippen molar-refractivity contribution in [2.24, 2.45) is 5.92 Å². The number of para-hydroxylation sites is 1. The maximum Gasteiger partial charge on any atom is 0.223 e. The molecule has 1 aromatic carbocycles. The number of likely N-dealkylation sites (tertiary alicyclic amines) is 1. The molecule has 3 nitrogen and oxygen atoms in total. The number of rotatable bonds is 6. The Morgan fingerprint density at radius 3 is 2.70 bits per heavy atom. The van der Waals surface area contributed by atoms with Crippen LogP contribution in [0.1, 0.15) is 70.4 Å². The molecular weight excluding hydrogens is 332 g/mol. The third kappa shape index (κ3) is 4.07. The molecule has 1 saturated carbocycles. The number of carbonyl (C=O) groups is 1. The molecular formula is C24H34N2O. The van der Waals surface area contributed by atoms with Gasteiger partial charge < -0.3 is 9.47 Å². The van der Waals surface area contributed by atoms with E-state index in [2.05, 4.69) is 46.7 Å². The van der Waals surface area contributed by atoms with Gasteiger partial charge in [-0.1, -0.05) is 37.5 Å². The Labute approximate surface area is 163 Å². The normalized spacial score (nSPS) is 21.2. The zero-order valence-corrected chi connectivity index (χ0v) is 16.8. The number of carbonyl (C=O) groups excluding carboxylic acids is 1. The minimum atomic E-state index is 0.431. The van der Waals surface area contributed by atoms with Crippen molar-refractivity contribution in [3.63, 3.8) is 0 Å². The number of fused-ring (bicyclic) bond motifs is 1. The van der Waals surface area contributed by atoms with Crippen molar-refractivity contribution in [3.8, 4) is 0 Å².